The van der Waals surface area contributed by atoms with Crippen molar-refractivity contribution in [2.75, 3.05) is 39.3 Å². The molecule has 1 aliphatic rings. The van der Waals surface area contributed by atoms with E-state index in [1.54, 1.807) is 11.0 Å². The van der Waals surface area contributed by atoms with Crippen LogP contribution in [0.3, 0.4) is 0 Å². The monoisotopic (exact) mass is 480 g/mol. The van der Waals surface area contributed by atoms with Crippen LogP contribution in [0.15, 0.2) is 59.1 Å². The van der Waals surface area contributed by atoms with E-state index in [9.17, 15) is 14.0 Å². The van der Waals surface area contributed by atoms with Crippen LogP contribution in [0, 0.1) is 5.82 Å². The first-order valence-corrected chi connectivity index (χ1v) is 12.3. The Morgan fingerprint density at radius 2 is 1.74 bits per heavy atom. The molecule has 0 saturated carbocycles. The zero-order valence-corrected chi connectivity index (χ0v) is 20.5. The predicted molar refractivity (Wildman–Crippen MR) is 132 cm³/mol. The normalized spacial score (nSPS) is 14.3. The van der Waals surface area contributed by atoms with Crippen LogP contribution in [0.2, 0.25) is 0 Å². The number of furan rings is 1. The van der Waals surface area contributed by atoms with Crippen LogP contribution >= 0.6 is 0 Å². The molecule has 0 unspecified atom stereocenters. The van der Waals surface area contributed by atoms with Gasteiger partial charge in [-0.3, -0.25) is 9.59 Å². The lowest BCUT2D eigenvalue weighted by Gasteiger charge is -2.33. The number of nitrogens with zero attached hydrogens (tertiary/aromatic N) is 4. The van der Waals surface area contributed by atoms with Crippen LogP contribution in [0.4, 0.5) is 4.39 Å². The lowest BCUT2D eigenvalue weighted by atomic mass is 10.2. The number of carbonyl (C=O) groups excluding carboxylic acids is 2. The Morgan fingerprint density at radius 3 is 2.43 bits per heavy atom. The fourth-order valence-corrected chi connectivity index (χ4v) is 4.41. The minimum atomic E-state index is -0.364. The van der Waals surface area contributed by atoms with Gasteiger partial charge in [0.1, 0.15) is 11.6 Å². The third-order valence-corrected chi connectivity index (χ3v) is 6.45. The van der Waals surface area contributed by atoms with Crippen molar-refractivity contribution in [1.82, 2.24) is 19.3 Å². The third-order valence-electron chi connectivity index (χ3n) is 6.45. The van der Waals surface area contributed by atoms with Crippen LogP contribution in [0.25, 0.3) is 0 Å². The van der Waals surface area contributed by atoms with Crippen molar-refractivity contribution >= 4 is 11.8 Å². The quantitative estimate of drug-likeness (QED) is 0.463. The second-order valence-electron chi connectivity index (χ2n) is 8.85. The van der Waals surface area contributed by atoms with Crippen molar-refractivity contribution in [1.29, 1.82) is 0 Å². The van der Waals surface area contributed by atoms with Gasteiger partial charge in [0, 0.05) is 50.2 Å². The Balaban J connectivity index is 1.42. The number of hydrogen-bond donors (Lipinski definition) is 0. The van der Waals surface area contributed by atoms with Crippen molar-refractivity contribution in [2.45, 2.75) is 33.4 Å². The molecule has 1 aliphatic heterocycles. The van der Waals surface area contributed by atoms with E-state index in [4.69, 9.17) is 4.42 Å². The molecule has 0 spiro atoms. The van der Waals surface area contributed by atoms with Gasteiger partial charge in [-0.1, -0.05) is 13.8 Å². The second kappa shape index (κ2) is 11.4. The van der Waals surface area contributed by atoms with Gasteiger partial charge < -0.3 is 23.7 Å². The minimum absolute atomic E-state index is 0.0706. The average Bonchev–Trinajstić information content (AvgIpc) is 3.53. The fraction of sp³-hybridized carbons (Fsp3) is 0.407. The van der Waals surface area contributed by atoms with E-state index in [1.807, 2.05) is 40.8 Å². The first-order valence-electron chi connectivity index (χ1n) is 12.3. The van der Waals surface area contributed by atoms with Crippen LogP contribution in [0.1, 0.15) is 52.6 Å². The number of carbonyl (C=O) groups is 2. The summed E-state index contributed by atoms with van der Waals surface area (Å²) in [6.45, 7) is 9.80. The van der Waals surface area contributed by atoms with E-state index in [0.717, 1.165) is 31.7 Å². The number of benzene rings is 1. The molecule has 2 amide bonds. The molecule has 7 nitrogen and oxygen atoms in total. The molecule has 186 valence electrons. The fourth-order valence-electron chi connectivity index (χ4n) is 4.41. The SMILES string of the molecule is CCCN(Cc1cccn1Cc1ccc(C(=O)N2CCN(CC)CC2)o1)C(=O)c1ccc(F)cc1. The van der Waals surface area contributed by atoms with E-state index in [1.165, 1.54) is 24.3 Å². The zero-order valence-electron chi connectivity index (χ0n) is 20.5. The summed E-state index contributed by atoms with van der Waals surface area (Å²) in [4.78, 5) is 31.8. The highest BCUT2D eigenvalue weighted by atomic mass is 19.1. The van der Waals surface area contributed by atoms with Crippen LogP contribution in [-0.2, 0) is 13.1 Å². The molecule has 35 heavy (non-hydrogen) atoms. The molecule has 1 saturated heterocycles. The number of likely N-dealkylation sites (N-methyl/N-ethyl adjacent to an activating group) is 1. The molecule has 4 rings (SSSR count). The molecular formula is C27H33FN4O3. The van der Waals surface area contributed by atoms with E-state index in [0.29, 0.717) is 49.8 Å². The number of piperazine rings is 1. The second-order valence-corrected chi connectivity index (χ2v) is 8.85. The molecule has 2 aromatic heterocycles. The Bertz CT molecular complexity index is 1130. The summed E-state index contributed by atoms with van der Waals surface area (Å²) in [7, 11) is 0. The Morgan fingerprint density at radius 1 is 1.00 bits per heavy atom. The highest BCUT2D eigenvalue weighted by Gasteiger charge is 2.24. The van der Waals surface area contributed by atoms with E-state index >= 15 is 0 Å². The number of amides is 2. The summed E-state index contributed by atoms with van der Waals surface area (Å²) in [6.07, 6.45) is 2.75. The molecule has 0 atom stereocenters. The smallest absolute Gasteiger partial charge is 0.289 e. The van der Waals surface area contributed by atoms with Crippen LogP contribution in [-0.4, -0.2) is 70.3 Å². The molecule has 1 aromatic carbocycles. The van der Waals surface area contributed by atoms with Gasteiger partial charge in [-0.25, -0.2) is 4.39 Å². The number of rotatable bonds is 9. The largest absolute Gasteiger partial charge is 0.454 e. The van der Waals surface area contributed by atoms with Gasteiger partial charge in [-0.15, -0.1) is 0 Å². The van der Waals surface area contributed by atoms with Gasteiger partial charge in [0.15, 0.2) is 5.76 Å². The molecule has 0 bridgehead atoms. The predicted octanol–water partition coefficient (Wildman–Crippen LogP) is 4.10. The summed E-state index contributed by atoms with van der Waals surface area (Å²) in [5, 5.41) is 0. The van der Waals surface area contributed by atoms with Gasteiger partial charge in [0.2, 0.25) is 0 Å². The zero-order chi connectivity index (χ0) is 24.8. The van der Waals surface area contributed by atoms with Crippen LogP contribution in [0.5, 0.6) is 0 Å². The molecule has 0 N–H and O–H groups in total. The highest BCUT2D eigenvalue weighted by Crippen LogP contribution is 2.17. The van der Waals surface area contributed by atoms with E-state index < -0.39 is 0 Å². The maximum absolute atomic E-state index is 13.3. The topological polar surface area (TPSA) is 61.9 Å². The van der Waals surface area contributed by atoms with Crippen molar-refractivity contribution in [3.8, 4) is 0 Å². The van der Waals surface area contributed by atoms with E-state index in [2.05, 4.69) is 11.8 Å². The maximum Gasteiger partial charge on any atom is 0.289 e. The van der Waals surface area contributed by atoms with Gasteiger partial charge in [-0.2, -0.15) is 0 Å². The molecule has 0 radical (unpaired) electrons. The Labute approximate surface area is 205 Å². The average molecular weight is 481 g/mol. The molecule has 3 heterocycles. The molecule has 0 aliphatic carbocycles. The lowest BCUT2D eigenvalue weighted by molar-refractivity contribution is 0.0610. The Kier molecular flexibility index (Phi) is 8.02. The van der Waals surface area contributed by atoms with Gasteiger partial charge in [0.25, 0.3) is 11.8 Å². The Hall–Kier alpha value is -3.39. The number of hydrogen-bond acceptors (Lipinski definition) is 4. The summed E-state index contributed by atoms with van der Waals surface area (Å²) in [6, 6.07) is 13.1. The van der Waals surface area contributed by atoms with Crippen molar-refractivity contribution < 1.29 is 18.4 Å². The van der Waals surface area contributed by atoms with Crippen molar-refractivity contribution in [3.05, 3.63) is 83.3 Å². The summed E-state index contributed by atoms with van der Waals surface area (Å²) in [5.41, 5.74) is 1.42. The first-order chi connectivity index (χ1) is 17.0. The van der Waals surface area contributed by atoms with Crippen molar-refractivity contribution in [2.24, 2.45) is 0 Å². The van der Waals surface area contributed by atoms with E-state index in [-0.39, 0.29) is 17.6 Å². The van der Waals surface area contributed by atoms with Crippen LogP contribution < -0.4 is 0 Å². The molecular weight excluding hydrogens is 447 g/mol. The van der Waals surface area contributed by atoms with Gasteiger partial charge >= 0.3 is 0 Å². The molecule has 1 fully saturated rings. The van der Waals surface area contributed by atoms with Gasteiger partial charge in [0.05, 0.1) is 13.1 Å². The standard InChI is InChI=1S/C27H33FN4O3/c1-3-13-32(26(33)21-7-9-22(28)10-8-21)19-23-6-5-14-31(23)20-24-11-12-25(35-24)27(34)30-17-15-29(4-2)16-18-30/h5-12,14H,3-4,13,15-20H2,1-2H3. The minimum Gasteiger partial charge on any atom is -0.454 e. The van der Waals surface area contributed by atoms with Gasteiger partial charge in [-0.05, 0) is 61.5 Å². The number of halogens is 1. The maximum atomic E-state index is 13.3. The number of aromatic nitrogens is 1. The molecule has 8 heteroatoms. The summed E-state index contributed by atoms with van der Waals surface area (Å²) >= 11 is 0. The van der Waals surface area contributed by atoms with Crippen molar-refractivity contribution in [3.63, 3.8) is 0 Å². The first kappa shape index (κ1) is 24.7. The summed E-state index contributed by atoms with van der Waals surface area (Å²) in [5.74, 6) is 0.479. The summed E-state index contributed by atoms with van der Waals surface area (Å²) < 4.78 is 21.2. The lowest BCUT2D eigenvalue weighted by Crippen LogP contribution is -2.48. The highest BCUT2D eigenvalue weighted by molar-refractivity contribution is 5.94. The molecule has 3 aromatic rings. The third kappa shape index (κ3) is 6.00.